The maximum atomic E-state index is 13.0. The number of hydrogen-bond acceptors (Lipinski definition) is 3. The van der Waals surface area contributed by atoms with Crippen LogP contribution in [-0.4, -0.2) is 48.4 Å². The van der Waals surface area contributed by atoms with E-state index < -0.39 is 0 Å². The second kappa shape index (κ2) is 10.5. The second-order valence-corrected chi connectivity index (χ2v) is 8.22. The molecule has 26 heavy (non-hydrogen) atoms. The molecule has 3 fully saturated rings. The zero-order valence-corrected chi connectivity index (χ0v) is 17.0. The molecule has 2 N–H and O–H groups in total. The lowest BCUT2D eigenvalue weighted by molar-refractivity contribution is -0.138. The van der Waals surface area contributed by atoms with Gasteiger partial charge in [0.2, 0.25) is 11.8 Å². The van der Waals surface area contributed by atoms with Gasteiger partial charge in [0.25, 0.3) is 0 Å². The van der Waals surface area contributed by atoms with Crippen molar-refractivity contribution in [1.82, 2.24) is 15.5 Å². The molecule has 150 valence electrons. The molecule has 1 aliphatic heterocycles. The maximum absolute atomic E-state index is 13.0. The molecule has 1 atom stereocenters. The minimum absolute atomic E-state index is 0. The average Bonchev–Trinajstić information content (AvgIpc) is 3.33. The van der Waals surface area contributed by atoms with Crippen molar-refractivity contribution in [2.45, 2.75) is 83.2 Å². The van der Waals surface area contributed by atoms with Crippen LogP contribution in [0.1, 0.15) is 71.1 Å². The summed E-state index contributed by atoms with van der Waals surface area (Å²) in [6.07, 6.45) is 10.4. The molecule has 0 radical (unpaired) electrons. The highest BCUT2D eigenvalue weighted by molar-refractivity contribution is 5.85. The molecule has 0 aromatic heterocycles. The molecular weight excluding hydrogens is 350 g/mol. The summed E-state index contributed by atoms with van der Waals surface area (Å²) in [4.78, 5) is 27.5. The average molecular weight is 386 g/mol. The first kappa shape index (κ1) is 21.5. The maximum Gasteiger partial charge on any atom is 0.225 e. The van der Waals surface area contributed by atoms with E-state index in [4.69, 9.17) is 0 Å². The Bertz CT molecular complexity index is 454. The van der Waals surface area contributed by atoms with Gasteiger partial charge < -0.3 is 15.5 Å². The summed E-state index contributed by atoms with van der Waals surface area (Å²) in [5.74, 6) is 1.02. The Labute approximate surface area is 164 Å². The van der Waals surface area contributed by atoms with E-state index in [9.17, 15) is 9.59 Å². The highest BCUT2D eigenvalue weighted by Gasteiger charge is 2.34. The monoisotopic (exact) mass is 385 g/mol. The Kier molecular flexibility index (Phi) is 8.68. The van der Waals surface area contributed by atoms with Crippen LogP contribution in [0.25, 0.3) is 0 Å². The van der Waals surface area contributed by atoms with Gasteiger partial charge in [0, 0.05) is 37.0 Å². The van der Waals surface area contributed by atoms with Crippen LogP contribution in [0.4, 0.5) is 0 Å². The number of nitrogens with one attached hydrogen (secondary N) is 2. The Balaban J connectivity index is 0.00000243. The van der Waals surface area contributed by atoms with Crippen molar-refractivity contribution >= 4 is 24.2 Å². The molecule has 1 heterocycles. The highest BCUT2D eigenvalue weighted by Crippen LogP contribution is 2.29. The van der Waals surface area contributed by atoms with Gasteiger partial charge in [0.05, 0.1) is 0 Å². The molecular formula is C20H36ClN3O2. The molecule has 3 rings (SSSR count). The van der Waals surface area contributed by atoms with Crippen LogP contribution < -0.4 is 10.6 Å². The second-order valence-electron chi connectivity index (χ2n) is 8.22. The van der Waals surface area contributed by atoms with Gasteiger partial charge in [-0.2, -0.15) is 0 Å². The zero-order chi connectivity index (χ0) is 17.6. The third-order valence-electron chi connectivity index (χ3n) is 6.37. The van der Waals surface area contributed by atoms with E-state index in [0.29, 0.717) is 11.9 Å². The highest BCUT2D eigenvalue weighted by atomic mass is 35.5. The summed E-state index contributed by atoms with van der Waals surface area (Å²) in [7, 11) is 0. The molecule has 0 bridgehead atoms. The van der Waals surface area contributed by atoms with Crippen molar-refractivity contribution in [3.05, 3.63) is 0 Å². The van der Waals surface area contributed by atoms with Crippen LogP contribution in [0.3, 0.4) is 0 Å². The summed E-state index contributed by atoms with van der Waals surface area (Å²) in [6.45, 7) is 5.00. The Hall–Kier alpha value is -0.810. The molecule has 2 aliphatic carbocycles. The van der Waals surface area contributed by atoms with E-state index in [1.807, 2.05) is 0 Å². The van der Waals surface area contributed by atoms with E-state index in [1.165, 1.54) is 12.8 Å². The number of nitrogens with zero attached hydrogens (tertiary/aromatic N) is 1. The number of carbonyl (C=O) groups is 2. The van der Waals surface area contributed by atoms with Crippen LogP contribution in [0, 0.1) is 11.8 Å². The van der Waals surface area contributed by atoms with Gasteiger partial charge in [-0.25, -0.2) is 0 Å². The molecule has 0 aromatic rings. The van der Waals surface area contributed by atoms with Crippen LogP contribution in [-0.2, 0) is 9.59 Å². The summed E-state index contributed by atoms with van der Waals surface area (Å²) in [6, 6.07) is 0.664. The van der Waals surface area contributed by atoms with Gasteiger partial charge in [-0.05, 0) is 57.9 Å². The number of rotatable bonds is 6. The van der Waals surface area contributed by atoms with Crippen molar-refractivity contribution in [2.75, 3.05) is 19.6 Å². The number of amides is 2. The fraction of sp³-hybridized carbons (Fsp3) is 0.900. The van der Waals surface area contributed by atoms with Crippen molar-refractivity contribution in [3.8, 4) is 0 Å². The van der Waals surface area contributed by atoms with Crippen molar-refractivity contribution in [3.63, 3.8) is 0 Å². The number of hydrogen-bond donors (Lipinski definition) is 2. The molecule has 2 amide bonds. The van der Waals surface area contributed by atoms with Gasteiger partial charge >= 0.3 is 0 Å². The molecule has 2 saturated carbocycles. The summed E-state index contributed by atoms with van der Waals surface area (Å²) in [5.41, 5.74) is 0. The molecule has 6 heteroatoms. The minimum Gasteiger partial charge on any atom is -0.353 e. The molecule has 5 nitrogen and oxygen atoms in total. The molecule has 1 unspecified atom stereocenters. The fourth-order valence-corrected chi connectivity index (χ4v) is 4.85. The van der Waals surface area contributed by atoms with E-state index >= 15 is 0 Å². The van der Waals surface area contributed by atoms with Crippen LogP contribution in [0.5, 0.6) is 0 Å². The molecule has 1 saturated heterocycles. The lowest BCUT2D eigenvalue weighted by atomic mass is 9.84. The largest absolute Gasteiger partial charge is 0.353 e. The van der Waals surface area contributed by atoms with Crippen LogP contribution in [0.2, 0.25) is 0 Å². The fourth-order valence-electron chi connectivity index (χ4n) is 4.85. The minimum atomic E-state index is 0. The van der Waals surface area contributed by atoms with Crippen molar-refractivity contribution in [1.29, 1.82) is 0 Å². The lowest BCUT2D eigenvalue weighted by Crippen LogP contribution is -2.47. The summed E-state index contributed by atoms with van der Waals surface area (Å²) < 4.78 is 0. The summed E-state index contributed by atoms with van der Waals surface area (Å²) >= 11 is 0. The van der Waals surface area contributed by atoms with Crippen LogP contribution >= 0.6 is 12.4 Å². The van der Waals surface area contributed by atoms with Gasteiger partial charge in [-0.3, -0.25) is 9.59 Å². The van der Waals surface area contributed by atoms with E-state index in [0.717, 1.165) is 71.0 Å². The van der Waals surface area contributed by atoms with Gasteiger partial charge in [0.1, 0.15) is 0 Å². The normalized spacial score (nSPS) is 29.2. The van der Waals surface area contributed by atoms with E-state index in [2.05, 4.69) is 22.5 Å². The molecule has 0 spiro atoms. The number of carbonyl (C=O) groups excluding carboxylic acids is 2. The third-order valence-corrected chi connectivity index (χ3v) is 6.37. The first-order chi connectivity index (χ1) is 12.2. The molecule has 0 aromatic carbocycles. The van der Waals surface area contributed by atoms with Crippen molar-refractivity contribution < 1.29 is 9.59 Å². The number of halogens is 1. The quantitative estimate of drug-likeness (QED) is 0.739. The predicted molar refractivity (Wildman–Crippen MR) is 106 cm³/mol. The van der Waals surface area contributed by atoms with E-state index in [-0.39, 0.29) is 36.2 Å². The van der Waals surface area contributed by atoms with E-state index in [1.54, 1.807) is 0 Å². The third kappa shape index (κ3) is 5.35. The Morgan fingerprint density at radius 1 is 1.00 bits per heavy atom. The van der Waals surface area contributed by atoms with Gasteiger partial charge in [0.15, 0.2) is 0 Å². The Morgan fingerprint density at radius 3 is 2.27 bits per heavy atom. The smallest absolute Gasteiger partial charge is 0.225 e. The predicted octanol–water partition coefficient (Wildman–Crippen LogP) is 2.87. The first-order valence-electron chi connectivity index (χ1n) is 10.5. The molecule has 3 aliphatic rings. The van der Waals surface area contributed by atoms with Gasteiger partial charge in [-0.1, -0.05) is 19.8 Å². The SMILES string of the molecule is CCCN(C(=O)C1CCC(NC(=O)C2CCCC2)CC1)C1CCNC1.Cl. The topological polar surface area (TPSA) is 61.4 Å². The Morgan fingerprint density at radius 2 is 1.69 bits per heavy atom. The lowest BCUT2D eigenvalue weighted by Gasteiger charge is -2.35. The van der Waals surface area contributed by atoms with Crippen molar-refractivity contribution in [2.24, 2.45) is 11.8 Å². The standard InChI is InChI=1S/C20H35N3O2.ClH/c1-2-13-23(18-11-12-21-14-18)20(25)16-7-9-17(10-8-16)22-19(24)15-5-3-4-6-15;/h15-18,21H,2-14H2,1H3,(H,22,24);1H. The van der Waals surface area contributed by atoms with Crippen LogP contribution in [0.15, 0.2) is 0 Å². The summed E-state index contributed by atoms with van der Waals surface area (Å²) in [5, 5.41) is 6.64. The van der Waals surface area contributed by atoms with Gasteiger partial charge in [-0.15, -0.1) is 12.4 Å². The zero-order valence-electron chi connectivity index (χ0n) is 16.2. The first-order valence-corrected chi connectivity index (χ1v) is 10.5.